The van der Waals surface area contributed by atoms with Gasteiger partial charge in [0.1, 0.15) is 5.52 Å². The van der Waals surface area contributed by atoms with Crippen molar-refractivity contribution >= 4 is 28.9 Å². The van der Waals surface area contributed by atoms with Gasteiger partial charge in [0, 0.05) is 24.3 Å². The van der Waals surface area contributed by atoms with Crippen LogP contribution in [-0.4, -0.2) is 38.5 Å². The van der Waals surface area contributed by atoms with Crippen LogP contribution >= 0.6 is 0 Å². The second-order valence-electron chi connectivity index (χ2n) is 7.44. The standard InChI is InChI=1S/C21H23N5O3/c1-13(2)21(28)23-15-9-14(10-22-11-15)16-6-7-18-20(24-16)17(12-27)25-26(18)19-5-3-4-8-29-19/h6-7,9-13,19H,3-5,8H2,1-2H3,(H,23,28). The molecule has 8 heteroatoms. The fourth-order valence-electron chi connectivity index (χ4n) is 3.35. The van der Waals surface area contributed by atoms with Crippen molar-refractivity contribution in [1.82, 2.24) is 19.7 Å². The Bertz CT molecular complexity index is 1050. The molecule has 1 saturated heterocycles. The number of carbonyl (C=O) groups excluding carboxylic acids is 2. The minimum absolute atomic E-state index is 0.0793. The summed E-state index contributed by atoms with van der Waals surface area (Å²) in [5, 5.41) is 7.27. The molecule has 4 rings (SSSR count). The number of aldehydes is 1. The van der Waals surface area contributed by atoms with E-state index < -0.39 is 0 Å². The van der Waals surface area contributed by atoms with E-state index in [2.05, 4.69) is 20.4 Å². The van der Waals surface area contributed by atoms with E-state index >= 15 is 0 Å². The summed E-state index contributed by atoms with van der Waals surface area (Å²) >= 11 is 0. The highest BCUT2D eigenvalue weighted by Crippen LogP contribution is 2.29. The monoisotopic (exact) mass is 393 g/mol. The van der Waals surface area contributed by atoms with Crippen LogP contribution in [0.3, 0.4) is 0 Å². The van der Waals surface area contributed by atoms with Gasteiger partial charge < -0.3 is 10.1 Å². The third-order valence-corrected chi connectivity index (χ3v) is 4.94. The lowest BCUT2D eigenvalue weighted by Gasteiger charge is -2.23. The topological polar surface area (TPSA) is 99.0 Å². The van der Waals surface area contributed by atoms with E-state index in [-0.39, 0.29) is 23.7 Å². The molecule has 3 aromatic rings. The van der Waals surface area contributed by atoms with Crippen LogP contribution in [0.1, 0.15) is 49.8 Å². The first-order valence-corrected chi connectivity index (χ1v) is 9.79. The number of carbonyl (C=O) groups is 2. The van der Waals surface area contributed by atoms with Gasteiger partial charge in [0.25, 0.3) is 0 Å². The molecule has 8 nitrogen and oxygen atoms in total. The van der Waals surface area contributed by atoms with Crippen molar-refractivity contribution in [2.45, 2.75) is 39.3 Å². The lowest BCUT2D eigenvalue weighted by Crippen LogP contribution is -2.19. The molecular formula is C21H23N5O3. The maximum atomic E-state index is 12.0. The van der Waals surface area contributed by atoms with Crippen molar-refractivity contribution in [1.29, 1.82) is 0 Å². The second-order valence-corrected chi connectivity index (χ2v) is 7.44. The van der Waals surface area contributed by atoms with Crippen LogP contribution in [0.25, 0.3) is 22.3 Å². The van der Waals surface area contributed by atoms with E-state index in [4.69, 9.17) is 4.74 Å². The van der Waals surface area contributed by atoms with Crippen LogP contribution < -0.4 is 5.32 Å². The van der Waals surface area contributed by atoms with Crippen molar-refractivity contribution in [2.75, 3.05) is 11.9 Å². The Kier molecular flexibility index (Phi) is 5.35. The number of aromatic nitrogens is 4. The largest absolute Gasteiger partial charge is 0.356 e. The number of pyridine rings is 2. The molecule has 0 aromatic carbocycles. The number of nitrogens with zero attached hydrogens (tertiary/aromatic N) is 4. The maximum absolute atomic E-state index is 12.0. The second kappa shape index (κ2) is 8.08. The molecule has 1 atom stereocenters. The van der Waals surface area contributed by atoms with Gasteiger partial charge in [-0.2, -0.15) is 5.10 Å². The Labute approximate surface area is 168 Å². The Morgan fingerprint density at radius 1 is 1.31 bits per heavy atom. The zero-order valence-electron chi connectivity index (χ0n) is 16.5. The Morgan fingerprint density at radius 2 is 2.17 bits per heavy atom. The fourth-order valence-corrected chi connectivity index (χ4v) is 3.35. The van der Waals surface area contributed by atoms with Crippen molar-refractivity contribution in [3.8, 4) is 11.3 Å². The van der Waals surface area contributed by atoms with E-state index in [1.54, 1.807) is 17.1 Å². The molecule has 0 radical (unpaired) electrons. The number of amides is 1. The average molecular weight is 393 g/mol. The predicted octanol–water partition coefficient (Wildman–Crippen LogP) is 3.60. The summed E-state index contributed by atoms with van der Waals surface area (Å²) in [6, 6.07) is 5.58. The van der Waals surface area contributed by atoms with Crippen molar-refractivity contribution in [3.63, 3.8) is 0 Å². The molecule has 3 aromatic heterocycles. The first-order valence-electron chi connectivity index (χ1n) is 9.79. The minimum atomic E-state index is -0.177. The van der Waals surface area contributed by atoms with Gasteiger partial charge in [-0.05, 0) is 37.5 Å². The van der Waals surface area contributed by atoms with Gasteiger partial charge in [-0.25, -0.2) is 9.67 Å². The molecule has 0 spiro atoms. The number of nitrogens with one attached hydrogen (secondary N) is 1. The third-order valence-electron chi connectivity index (χ3n) is 4.94. The van der Waals surface area contributed by atoms with Crippen LogP contribution in [0.15, 0.2) is 30.6 Å². The molecule has 1 unspecified atom stereocenters. The SMILES string of the molecule is CC(C)C(=O)Nc1cncc(-c2ccc3c(n2)c(C=O)nn3C2CCCCO2)c1. The zero-order valence-corrected chi connectivity index (χ0v) is 16.5. The van der Waals surface area contributed by atoms with Crippen molar-refractivity contribution in [3.05, 3.63) is 36.3 Å². The van der Waals surface area contributed by atoms with Crippen LogP contribution in [0.4, 0.5) is 5.69 Å². The summed E-state index contributed by atoms with van der Waals surface area (Å²) in [6.07, 6.45) is 6.77. The van der Waals surface area contributed by atoms with Gasteiger partial charge in [-0.1, -0.05) is 13.8 Å². The molecule has 4 heterocycles. The van der Waals surface area contributed by atoms with Crippen LogP contribution in [0.5, 0.6) is 0 Å². The Morgan fingerprint density at radius 3 is 2.90 bits per heavy atom. The first kappa shape index (κ1) is 19.2. The summed E-state index contributed by atoms with van der Waals surface area (Å²) in [5.41, 5.74) is 3.58. The molecule has 150 valence electrons. The summed E-state index contributed by atoms with van der Waals surface area (Å²) in [4.78, 5) is 32.4. The van der Waals surface area contributed by atoms with E-state index in [1.165, 1.54) is 0 Å². The summed E-state index contributed by atoms with van der Waals surface area (Å²) in [5.74, 6) is -0.208. The number of fused-ring (bicyclic) bond motifs is 1. The molecule has 29 heavy (non-hydrogen) atoms. The van der Waals surface area contributed by atoms with E-state index in [1.807, 2.05) is 32.0 Å². The number of hydrogen-bond acceptors (Lipinski definition) is 6. The number of rotatable bonds is 5. The number of ether oxygens (including phenoxy) is 1. The van der Waals surface area contributed by atoms with E-state index in [0.29, 0.717) is 23.5 Å². The lowest BCUT2D eigenvalue weighted by atomic mass is 10.1. The molecule has 1 fully saturated rings. The van der Waals surface area contributed by atoms with Crippen LogP contribution in [-0.2, 0) is 9.53 Å². The van der Waals surface area contributed by atoms with Gasteiger partial charge >= 0.3 is 0 Å². The maximum Gasteiger partial charge on any atom is 0.226 e. The molecule has 0 saturated carbocycles. The van der Waals surface area contributed by atoms with E-state index in [9.17, 15) is 9.59 Å². The first-order chi connectivity index (χ1) is 14.1. The molecular weight excluding hydrogens is 370 g/mol. The van der Waals surface area contributed by atoms with Crippen LogP contribution in [0.2, 0.25) is 0 Å². The number of hydrogen-bond donors (Lipinski definition) is 1. The highest BCUT2D eigenvalue weighted by atomic mass is 16.5. The average Bonchev–Trinajstić information content (AvgIpc) is 3.12. The molecule has 1 aliphatic rings. The highest BCUT2D eigenvalue weighted by molar-refractivity contribution is 5.94. The van der Waals surface area contributed by atoms with Crippen LogP contribution in [0, 0.1) is 5.92 Å². The van der Waals surface area contributed by atoms with Gasteiger partial charge in [-0.3, -0.25) is 14.6 Å². The van der Waals surface area contributed by atoms with Gasteiger partial charge in [-0.15, -0.1) is 0 Å². The molecule has 0 aliphatic carbocycles. The predicted molar refractivity (Wildman–Crippen MR) is 108 cm³/mol. The third kappa shape index (κ3) is 3.88. The van der Waals surface area contributed by atoms with E-state index in [0.717, 1.165) is 36.6 Å². The quantitative estimate of drug-likeness (QED) is 0.665. The van der Waals surface area contributed by atoms with Gasteiger partial charge in [0.15, 0.2) is 18.2 Å². The smallest absolute Gasteiger partial charge is 0.226 e. The molecule has 1 N–H and O–H groups in total. The summed E-state index contributed by atoms with van der Waals surface area (Å²) in [6.45, 7) is 4.35. The van der Waals surface area contributed by atoms with Crippen molar-refractivity contribution < 1.29 is 14.3 Å². The van der Waals surface area contributed by atoms with Gasteiger partial charge in [0.2, 0.25) is 5.91 Å². The minimum Gasteiger partial charge on any atom is -0.356 e. The number of anilines is 1. The zero-order chi connectivity index (χ0) is 20.4. The Hall–Kier alpha value is -3.13. The molecule has 1 aliphatic heterocycles. The molecule has 1 amide bonds. The molecule has 0 bridgehead atoms. The Balaban J connectivity index is 1.70. The highest BCUT2D eigenvalue weighted by Gasteiger charge is 2.22. The lowest BCUT2D eigenvalue weighted by molar-refractivity contribution is -0.118. The summed E-state index contributed by atoms with van der Waals surface area (Å²) < 4.78 is 7.58. The summed E-state index contributed by atoms with van der Waals surface area (Å²) in [7, 11) is 0. The van der Waals surface area contributed by atoms with Gasteiger partial charge in [0.05, 0.1) is 23.1 Å². The fraction of sp³-hybridized carbons (Fsp3) is 0.381. The normalized spacial score (nSPS) is 16.9. The van der Waals surface area contributed by atoms with Crippen molar-refractivity contribution in [2.24, 2.45) is 5.92 Å².